The third-order valence-corrected chi connectivity index (χ3v) is 4.54. The Labute approximate surface area is 118 Å². The van der Waals surface area contributed by atoms with Gasteiger partial charge in [-0.3, -0.25) is 9.59 Å². The average Bonchev–Trinajstić information content (AvgIpc) is 2.26. The Morgan fingerprint density at radius 3 is 1.95 bits per heavy atom. The Hall–Kier alpha value is -0.870. The summed E-state index contributed by atoms with van der Waals surface area (Å²) in [5.41, 5.74) is -2.26. The van der Waals surface area contributed by atoms with Gasteiger partial charge >= 0.3 is 6.18 Å². The van der Waals surface area contributed by atoms with Crippen molar-refractivity contribution in [2.24, 2.45) is 16.7 Å². The summed E-state index contributed by atoms with van der Waals surface area (Å²) in [6.45, 7) is 5.91. The van der Waals surface area contributed by atoms with E-state index in [-0.39, 0.29) is 17.1 Å². The summed E-state index contributed by atoms with van der Waals surface area (Å²) >= 11 is 0. The van der Waals surface area contributed by atoms with E-state index in [9.17, 15) is 22.8 Å². The molecule has 0 aliphatic heterocycles. The monoisotopic (exact) mass is 292 g/mol. The van der Waals surface area contributed by atoms with E-state index in [1.165, 1.54) is 0 Å². The van der Waals surface area contributed by atoms with Crippen molar-refractivity contribution in [1.29, 1.82) is 0 Å². The largest absolute Gasteiger partial charge is 0.400 e. The molecule has 0 bridgehead atoms. The molecule has 1 aliphatic rings. The summed E-state index contributed by atoms with van der Waals surface area (Å²) in [6, 6.07) is 0. The van der Waals surface area contributed by atoms with Crippen molar-refractivity contribution >= 4 is 11.6 Å². The molecule has 0 unspecified atom stereocenters. The van der Waals surface area contributed by atoms with Gasteiger partial charge in [-0.25, -0.2) is 0 Å². The van der Waals surface area contributed by atoms with Crippen LogP contribution in [-0.2, 0) is 9.59 Å². The van der Waals surface area contributed by atoms with Gasteiger partial charge < -0.3 is 0 Å². The van der Waals surface area contributed by atoms with Crippen molar-refractivity contribution in [2.75, 3.05) is 0 Å². The van der Waals surface area contributed by atoms with Gasteiger partial charge in [0.2, 0.25) is 0 Å². The number of alkyl halides is 3. The first-order valence-electron chi connectivity index (χ1n) is 6.99. The maximum Gasteiger partial charge on any atom is 0.400 e. The van der Waals surface area contributed by atoms with Crippen molar-refractivity contribution in [1.82, 2.24) is 0 Å². The van der Waals surface area contributed by atoms with Crippen LogP contribution in [0, 0.1) is 16.7 Å². The van der Waals surface area contributed by atoms with Gasteiger partial charge in [-0.15, -0.1) is 0 Å². The minimum Gasteiger partial charge on any atom is -0.299 e. The number of carbonyl (C=O) groups excluding carboxylic acids is 2. The first kappa shape index (κ1) is 17.2. The number of hydrogen-bond acceptors (Lipinski definition) is 2. The molecule has 5 heteroatoms. The lowest BCUT2D eigenvalue weighted by Crippen LogP contribution is -2.41. The Kier molecular flexibility index (Phi) is 4.72. The molecule has 1 aliphatic carbocycles. The van der Waals surface area contributed by atoms with Crippen molar-refractivity contribution in [3.63, 3.8) is 0 Å². The second kappa shape index (κ2) is 5.49. The van der Waals surface area contributed by atoms with Gasteiger partial charge in [0.1, 0.15) is 11.2 Å². The Bertz CT molecular complexity index is 384. The first-order chi connectivity index (χ1) is 8.87. The second-order valence-corrected chi connectivity index (χ2v) is 7.13. The fourth-order valence-electron chi connectivity index (χ4n) is 2.40. The molecule has 0 amide bonds. The van der Waals surface area contributed by atoms with Crippen LogP contribution in [-0.4, -0.2) is 17.7 Å². The van der Waals surface area contributed by atoms with Gasteiger partial charge in [-0.1, -0.05) is 13.8 Å². The highest BCUT2D eigenvalue weighted by atomic mass is 19.4. The number of halogens is 3. The van der Waals surface area contributed by atoms with Gasteiger partial charge in [-0.05, 0) is 44.9 Å². The maximum absolute atomic E-state index is 12.7. The lowest BCUT2D eigenvalue weighted by Gasteiger charge is -2.34. The number of ketones is 2. The van der Waals surface area contributed by atoms with E-state index in [0.717, 1.165) is 26.7 Å². The molecular formula is C15H23F3O2. The van der Waals surface area contributed by atoms with Crippen LogP contribution in [0.5, 0.6) is 0 Å². The smallest absolute Gasteiger partial charge is 0.299 e. The Balaban J connectivity index is 2.62. The second-order valence-electron chi connectivity index (χ2n) is 7.13. The van der Waals surface area contributed by atoms with Crippen LogP contribution in [0.2, 0.25) is 0 Å². The SMILES string of the molecule is CC1(C)CCC(C(=O)CC(=O)C(C)(C)C(F)(F)F)CC1. The van der Waals surface area contributed by atoms with E-state index < -0.39 is 23.8 Å². The molecule has 1 rings (SSSR count). The van der Waals surface area contributed by atoms with E-state index in [1.807, 2.05) is 0 Å². The number of carbonyl (C=O) groups is 2. The molecule has 0 spiro atoms. The fraction of sp³-hybridized carbons (Fsp3) is 0.867. The van der Waals surface area contributed by atoms with E-state index in [0.29, 0.717) is 12.8 Å². The minimum absolute atomic E-state index is 0.187. The van der Waals surface area contributed by atoms with Crippen LogP contribution in [0.25, 0.3) is 0 Å². The lowest BCUT2D eigenvalue weighted by molar-refractivity contribution is -0.210. The summed E-state index contributed by atoms with van der Waals surface area (Å²) < 4.78 is 38.2. The highest BCUT2D eigenvalue weighted by molar-refractivity contribution is 6.02. The van der Waals surface area contributed by atoms with E-state index in [4.69, 9.17) is 0 Å². The van der Waals surface area contributed by atoms with Gasteiger partial charge in [-0.2, -0.15) is 13.2 Å². The first-order valence-corrected chi connectivity index (χ1v) is 6.99. The predicted molar refractivity (Wildman–Crippen MR) is 70.2 cm³/mol. The van der Waals surface area contributed by atoms with Crippen molar-refractivity contribution in [3.05, 3.63) is 0 Å². The molecule has 0 radical (unpaired) electrons. The third-order valence-electron chi connectivity index (χ3n) is 4.54. The molecule has 1 fully saturated rings. The summed E-state index contributed by atoms with van der Waals surface area (Å²) in [5.74, 6) is -1.61. The minimum atomic E-state index is -4.61. The topological polar surface area (TPSA) is 34.1 Å². The van der Waals surface area contributed by atoms with Crippen LogP contribution in [0.15, 0.2) is 0 Å². The molecule has 20 heavy (non-hydrogen) atoms. The van der Waals surface area contributed by atoms with Crippen LogP contribution in [0.1, 0.15) is 59.8 Å². The number of rotatable bonds is 4. The molecule has 0 N–H and O–H groups in total. The molecule has 0 aromatic rings. The Morgan fingerprint density at radius 2 is 1.55 bits per heavy atom. The molecule has 0 heterocycles. The molecule has 1 saturated carbocycles. The number of Topliss-reactive ketones (excluding diaryl/α,β-unsaturated/α-hetero) is 2. The zero-order valence-electron chi connectivity index (χ0n) is 12.6. The summed E-state index contributed by atoms with van der Waals surface area (Å²) in [5, 5.41) is 0. The summed E-state index contributed by atoms with van der Waals surface area (Å²) in [6.07, 6.45) is -2.12. The predicted octanol–water partition coefficient (Wildman–Crippen LogP) is 4.32. The van der Waals surface area contributed by atoms with E-state index in [1.54, 1.807) is 0 Å². The standard InChI is InChI=1S/C15H23F3O2/c1-13(2)7-5-10(6-8-13)11(19)9-12(20)14(3,4)15(16,17)18/h10H,5-9H2,1-4H3. The molecule has 0 aromatic carbocycles. The Morgan fingerprint density at radius 1 is 1.10 bits per heavy atom. The molecule has 0 aromatic heterocycles. The van der Waals surface area contributed by atoms with Crippen molar-refractivity contribution in [2.45, 2.75) is 66.0 Å². The van der Waals surface area contributed by atoms with Crippen molar-refractivity contribution in [3.8, 4) is 0 Å². The lowest BCUT2D eigenvalue weighted by atomic mass is 9.71. The van der Waals surface area contributed by atoms with Gasteiger partial charge in [0.15, 0.2) is 5.78 Å². The fourth-order valence-corrected chi connectivity index (χ4v) is 2.40. The van der Waals surface area contributed by atoms with Crippen LogP contribution >= 0.6 is 0 Å². The normalized spacial score (nSPS) is 20.8. The average molecular weight is 292 g/mol. The zero-order chi connectivity index (χ0) is 15.8. The molecule has 0 atom stereocenters. The van der Waals surface area contributed by atoms with Crippen molar-refractivity contribution < 1.29 is 22.8 Å². The summed E-state index contributed by atoms with van der Waals surface area (Å²) in [4.78, 5) is 23.8. The van der Waals surface area contributed by atoms with E-state index >= 15 is 0 Å². The number of hydrogen-bond donors (Lipinski definition) is 0. The third kappa shape index (κ3) is 3.83. The van der Waals surface area contributed by atoms with Gasteiger partial charge in [0, 0.05) is 5.92 Å². The van der Waals surface area contributed by atoms with Crippen LogP contribution in [0.4, 0.5) is 13.2 Å². The van der Waals surface area contributed by atoms with Crippen LogP contribution < -0.4 is 0 Å². The van der Waals surface area contributed by atoms with Gasteiger partial charge in [0.25, 0.3) is 0 Å². The highest BCUT2D eigenvalue weighted by Crippen LogP contribution is 2.41. The quantitative estimate of drug-likeness (QED) is 0.723. The molecule has 116 valence electrons. The zero-order valence-corrected chi connectivity index (χ0v) is 12.6. The summed E-state index contributed by atoms with van der Waals surface area (Å²) in [7, 11) is 0. The molecule has 0 saturated heterocycles. The van der Waals surface area contributed by atoms with E-state index in [2.05, 4.69) is 13.8 Å². The maximum atomic E-state index is 12.7. The highest BCUT2D eigenvalue weighted by Gasteiger charge is 2.52. The molecular weight excluding hydrogens is 269 g/mol. The van der Waals surface area contributed by atoms with Gasteiger partial charge in [0.05, 0.1) is 6.42 Å². The van der Waals surface area contributed by atoms with Crippen LogP contribution in [0.3, 0.4) is 0 Å². The molecule has 2 nitrogen and oxygen atoms in total.